The zero-order valence-electron chi connectivity index (χ0n) is 17.7. The number of ether oxygens (including phenoxy) is 1. The molecular formula is C20H29F3IN5O. The lowest BCUT2D eigenvalue weighted by molar-refractivity contribution is -0.142. The molecule has 1 aromatic heterocycles. The minimum absolute atomic E-state index is 0. The van der Waals surface area contributed by atoms with Crippen LogP contribution in [0.25, 0.3) is 0 Å². The fourth-order valence-electron chi connectivity index (χ4n) is 2.68. The average Bonchev–Trinajstić information content (AvgIpc) is 3.04. The zero-order valence-corrected chi connectivity index (χ0v) is 20.1. The van der Waals surface area contributed by atoms with Gasteiger partial charge in [-0.05, 0) is 30.5 Å². The topological polar surface area (TPSA) is 63.5 Å². The first-order valence-corrected chi connectivity index (χ1v) is 9.39. The van der Waals surface area contributed by atoms with Crippen LogP contribution in [0.15, 0.2) is 35.5 Å². The van der Waals surface area contributed by atoms with E-state index >= 15 is 0 Å². The van der Waals surface area contributed by atoms with Crippen LogP contribution in [-0.2, 0) is 19.8 Å². The molecule has 1 atom stereocenters. The highest BCUT2D eigenvalue weighted by Gasteiger charge is 2.36. The van der Waals surface area contributed by atoms with Crippen LogP contribution in [0.1, 0.15) is 43.6 Å². The van der Waals surface area contributed by atoms with Crippen molar-refractivity contribution < 1.29 is 17.9 Å². The first-order chi connectivity index (χ1) is 13.6. The third-order valence-corrected chi connectivity index (χ3v) is 4.16. The Balaban J connectivity index is 0.00000450. The molecule has 10 heteroatoms. The molecule has 0 radical (unpaired) electrons. The van der Waals surface area contributed by atoms with Crippen molar-refractivity contribution in [3.63, 3.8) is 0 Å². The highest BCUT2D eigenvalue weighted by Crippen LogP contribution is 2.30. The number of guanidine groups is 1. The van der Waals surface area contributed by atoms with Gasteiger partial charge in [-0.2, -0.15) is 18.3 Å². The molecule has 0 fully saturated rings. The highest BCUT2D eigenvalue weighted by molar-refractivity contribution is 14.0. The van der Waals surface area contributed by atoms with Crippen LogP contribution >= 0.6 is 24.0 Å². The van der Waals surface area contributed by atoms with Crippen molar-refractivity contribution in [1.29, 1.82) is 0 Å². The molecule has 0 aliphatic carbocycles. The summed E-state index contributed by atoms with van der Waals surface area (Å²) in [6.45, 7) is 6.72. The van der Waals surface area contributed by atoms with Gasteiger partial charge < -0.3 is 15.4 Å². The minimum atomic E-state index is -4.50. The van der Waals surface area contributed by atoms with E-state index in [0.717, 1.165) is 16.0 Å². The third kappa shape index (κ3) is 7.69. The van der Waals surface area contributed by atoms with E-state index < -0.39 is 11.9 Å². The molecule has 0 bridgehead atoms. The lowest BCUT2D eigenvalue weighted by Gasteiger charge is -2.19. The van der Waals surface area contributed by atoms with Gasteiger partial charge >= 0.3 is 6.18 Å². The predicted octanol–water partition coefficient (Wildman–Crippen LogP) is 4.52. The summed E-state index contributed by atoms with van der Waals surface area (Å²) in [5.74, 6) is 1.64. The van der Waals surface area contributed by atoms with Gasteiger partial charge in [0.15, 0.2) is 11.7 Å². The zero-order chi connectivity index (χ0) is 21.6. The van der Waals surface area contributed by atoms with Gasteiger partial charge in [0.25, 0.3) is 0 Å². The Morgan fingerprint density at radius 3 is 2.37 bits per heavy atom. The maximum absolute atomic E-state index is 13.1. The van der Waals surface area contributed by atoms with Gasteiger partial charge in [-0.25, -0.2) is 0 Å². The Morgan fingerprint density at radius 1 is 1.20 bits per heavy atom. The van der Waals surface area contributed by atoms with Crippen LogP contribution < -0.4 is 15.4 Å². The molecule has 0 aliphatic rings. The van der Waals surface area contributed by atoms with E-state index in [0.29, 0.717) is 18.5 Å². The molecule has 168 valence electrons. The van der Waals surface area contributed by atoms with Crippen molar-refractivity contribution in [2.45, 2.75) is 39.5 Å². The van der Waals surface area contributed by atoms with Crippen molar-refractivity contribution in [2.24, 2.45) is 18.0 Å². The van der Waals surface area contributed by atoms with Crippen LogP contribution in [0.4, 0.5) is 13.2 Å². The van der Waals surface area contributed by atoms with E-state index in [1.165, 1.54) is 13.2 Å². The Labute approximate surface area is 192 Å². The summed E-state index contributed by atoms with van der Waals surface area (Å²) in [6.07, 6.45) is -3.15. The first kappa shape index (κ1) is 26.1. The van der Waals surface area contributed by atoms with E-state index in [1.54, 1.807) is 7.05 Å². The number of benzene rings is 1. The number of aromatic nitrogens is 2. The van der Waals surface area contributed by atoms with Crippen LogP contribution in [-0.4, -0.2) is 29.4 Å². The fourth-order valence-corrected chi connectivity index (χ4v) is 2.68. The van der Waals surface area contributed by atoms with Gasteiger partial charge in [-0.15, -0.1) is 24.0 Å². The quantitative estimate of drug-likeness (QED) is 0.309. The Kier molecular flexibility index (Phi) is 9.92. The highest BCUT2D eigenvalue weighted by atomic mass is 127. The summed E-state index contributed by atoms with van der Waals surface area (Å²) in [5.41, 5.74) is 0.164. The molecule has 0 saturated carbocycles. The molecule has 1 heterocycles. The van der Waals surface area contributed by atoms with Crippen LogP contribution in [0.5, 0.6) is 5.75 Å². The number of alkyl halides is 3. The second-order valence-electron chi connectivity index (χ2n) is 7.24. The second-order valence-corrected chi connectivity index (χ2v) is 7.24. The number of aryl methyl sites for hydroxylation is 1. The van der Waals surface area contributed by atoms with Crippen LogP contribution in [0.2, 0.25) is 0 Å². The van der Waals surface area contributed by atoms with Crippen molar-refractivity contribution in [2.75, 3.05) is 13.7 Å². The molecule has 0 amide bonds. The number of nitrogens with one attached hydrogen (secondary N) is 2. The summed E-state index contributed by atoms with van der Waals surface area (Å²) in [6, 6.07) is 7.60. The van der Waals surface area contributed by atoms with Gasteiger partial charge in [0.2, 0.25) is 0 Å². The monoisotopic (exact) mass is 539 g/mol. The molecule has 6 nitrogen and oxygen atoms in total. The first-order valence-electron chi connectivity index (χ1n) is 9.39. The van der Waals surface area contributed by atoms with Gasteiger partial charge in [0, 0.05) is 32.4 Å². The number of halogens is 4. The summed E-state index contributed by atoms with van der Waals surface area (Å²) in [5, 5.41) is 9.60. The van der Waals surface area contributed by atoms with Crippen molar-refractivity contribution >= 4 is 29.9 Å². The summed E-state index contributed by atoms with van der Waals surface area (Å²) >= 11 is 0. The molecule has 0 saturated heterocycles. The minimum Gasteiger partial charge on any atom is -0.493 e. The number of aliphatic imine (C=N–C) groups is 1. The molecule has 30 heavy (non-hydrogen) atoms. The molecule has 2 rings (SSSR count). The summed E-state index contributed by atoms with van der Waals surface area (Å²) in [7, 11) is 3.03. The Morgan fingerprint density at radius 2 is 1.83 bits per heavy atom. The number of rotatable bonds is 7. The second kappa shape index (κ2) is 11.4. The van der Waals surface area contributed by atoms with Crippen molar-refractivity contribution in [1.82, 2.24) is 20.4 Å². The summed E-state index contributed by atoms with van der Waals surface area (Å²) < 4.78 is 46.0. The van der Waals surface area contributed by atoms with Crippen LogP contribution in [0.3, 0.4) is 0 Å². The summed E-state index contributed by atoms with van der Waals surface area (Å²) in [4.78, 5) is 4.09. The van der Waals surface area contributed by atoms with Crippen LogP contribution in [0, 0.1) is 5.92 Å². The molecule has 0 aliphatic heterocycles. The van der Waals surface area contributed by atoms with E-state index in [-0.39, 0.29) is 42.1 Å². The molecular weight excluding hydrogens is 510 g/mol. The maximum atomic E-state index is 13.1. The number of hydrogen-bond acceptors (Lipinski definition) is 3. The SMILES string of the molecule is CN=C(NCc1cn(C)nc1C(F)(F)F)NC(C)c1ccc(OCC(C)C)cc1.I. The van der Waals surface area contributed by atoms with Crippen molar-refractivity contribution in [3.05, 3.63) is 47.3 Å². The van der Waals surface area contributed by atoms with E-state index in [2.05, 4.69) is 34.6 Å². The largest absolute Gasteiger partial charge is 0.493 e. The molecule has 2 aromatic rings. The van der Waals surface area contributed by atoms with Gasteiger partial charge in [-0.1, -0.05) is 26.0 Å². The predicted molar refractivity (Wildman–Crippen MR) is 122 cm³/mol. The Bertz CT molecular complexity index is 819. The third-order valence-electron chi connectivity index (χ3n) is 4.16. The molecule has 1 aromatic carbocycles. The number of hydrogen-bond donors (Lipinski definition) is 2. The Hall–Kier alpha value is -1.98. The van der Waals surface area contributed by atoms with Gasteiger partial charge in [-0.3, -0.25) is 9.67 Å². The van der Waals surface area contributed by atoms with E-state index in [1.807, 2.05) is 31.2 Å². The normalized spacial score (nSPS) is 13.0. The lowest BCUT2D eigenvalue weighted by atomic mass is 10.1. The van der Waals surface area contributed by atoms with E-state index in [9.17, 15) is 13.2 Å². The van der Waals surface area contributed by atoms with Gasteiger partial charge in [0.1, 0.15) is 5.75 Å². The smallest absolute Gasteiger partial charge is 0.435 e. The molecule has 1 unspecified atom stereocenters. The number of nitrogens with zero attached hydrogens (tertiary/aromatic N) is 3. The lowest BCUT2D eigenvalue weighted by Crippen LogP contribution is -2.38. The molecule has 0 spiro atoms. The average molecular weight is 539 g/mol. The van der Waals surface area contributed by atoms with E-state index in [4.69, 9.17) is 4.74 Å². The molecule has 2 N–H and O–H groups in total. The van der Waals surface area contributed by atoms with Gasteiger partial charge in [0.05, 0.1) is 12.6 Å². The van der Waals surface area contributed by atoms with Crippen molar-refractivity contribution in [3.8, 4) is 5.75 Å². The standard InChI is InChI=1S/C20H28F3N5O.HI/c1-13(2)12-29-17-8-6-15(7-9-17)14(3)26-19(24-4)25-10-16-11-28(5)27-18(16)20(21,22)23;/h6-9,11,13-14H,10,12H2,1-5H3,(H2,24,25,26);1H. The fraction of sp³-hybridized carbons (Fsp3) is 0.500. The maximum Gasteiger partial charge on any atom is 0.435 e.